The van der Waals surface area contributed by atoms with Crippen LogP contribution in [-0.4, -0.2) is 31.0 Å². The molecule has 1 aliphatic heterocycles. The smallest absolute Gasteiger partial charge is 0.162 e. The van der Waals surface area contributed by atoms with Crippen LogP contribution in [0.5, 0.6) is 11.5 Å². The van der Waals surface area contributed by atoms with E-state index in [-0.39, 0.29) is 18.3 Å². The summed E-state index contributed by atoms with van der Waals surface area (Å²) in [6.07, 6.45) is 0.0114. The maximum atomic E-state index is 13.8. The third-order valence-electron chi connectivity index (χ3n) is 5.25. The molecule has 2 unspecified atom stereocenters. The van der Waals surface area contributed by atoms with Crippen molar-refractivity contribution < 1.29 is 23.7 Å². The highest BCUT2D eigenvalue weighted by molar-refractivity contribution is 5.49. The summed E-state index contributed by atoms with van der Waals surface area (Å²) >= 11 is 0. The molecule has 2 atom stereocenters. The Morgan fingerprint density at radius 3 is 2.60 bits per heavy atom. The molecule has 0 bridgehead atoms. The minimum Gasteiger partial charge on any atom is -0.486 e. The molecule has 3 aromatic rings. The van der Waals surface area contributed by atoms with Gasteiger partial charge in [-0.2, -0.15) is 0 Å². The maximum absolute atomic E-state index is 13.8. The molecule has 0 spiro atoms. The Morgan fingerprint density at radius 2 is 1.83 bits per heavy atom. The van der Waals surface area contributed by atoms with Gasteiger partial charge < -0.3 is 19.3 Å². The molecule has 30 heavy (non-hydrogen) atoms. The lowest BCUT2D eigenvalue weighted by Gasteiger charge is -2.32. The lowest BCUT2D eigenvalue weighted by atomic mass is 9.81. The first kappa shape index (κ1) is 20.4. The van der Waals surface area contributed by atoms with Gasteiger partial charge in [-0.25, -0.2) is 4.39 Å². The minimum atomic E-state index is -1.36. The Hall–Kier alpha value is -2.89. The van der Waals surface area contributed by atoms with E-state index in [1.165, 1.54) is 12.1 Å². The summed E-state index contributed by atoms with van der Waals surface area (Å²) in [6.45, 7) is 3.39. The number of rotatable bonds is 7. The van der Waals surface area contributed by atoms with Gasteiger partial charge in [0.05, 0.1) is 6.61 Å². The van der Waals surface area contributed by atoms with E-state index in [1.54, 1.807) is 18.2 Å². The number of halogens is 1. The highest BCUT2D eigenvalue weighted by Crippen LogP contribution is 2.40. The molecular formula is C25H25FO4. The summed E-state index contributed by atoms with van der Waals surface area (Å²) in [5.41, 5.74) is 0.708. The van der Waals surface area contributed by atoms with Gasteiger partial charge in [0.2, 0.25) is 0 Å². The van der Waals surface area contributed by atoms with Crippen molar-refractivity contribution >= 4 is 0 Å². The second-order valence-corrected chi connectivity index (χ2v) is 7.40. The summed E-state index contributed by atoms with van der Waals surface area (Å²) in [5.74, 6) is 0.869. The first-order chi connectivity index (χ1) is 14.6. The van der Waals surface area contributed by atoms with Gasteiger partial charge in [-0.05, 0) is 47.9 Å². The fraction of sp³-hybridized carbons (Fsp3) is 0.280. The Balaban J connectivity index is 1.71. The maximum Gasteiger partial charge on any atom is 0.162 e. The van der Waals surface area contributed by atoms with Gasteiger partial charge in [-0.3, -0.25) is 0 Å². The van der Waals surface area contributed by atoms with E-state index in [1.807, 2.05) is 49.4 Å². The standard InChI is InChI=1S/C25H25FO4/c1-2-28-16-22-17-29-23-12-11-20(14-24(23)30-22)25(27,19-8-4-3-5-9-19)15-18-7-6-10-21(26)13-18/h3-14,22,27H,2,15-17H2,1H3. The zero-order valence-electron chi connectivity index (χ0n) is 16.9. The first-order valence-electron chi connectivity index (χ1n) is 10.1. The third-order valence-corrected chi connectivity index (χ3v) is 5.25. The molecule has 0 amide bonds. The summed E-state index contributed by atoms with van der Waals surface area (Å²) in [7, 11) is 0. The molecule has 156 valence electrons. The van der Waals surface area contributed by atoms with Crippen LogP contribution in [0.2, 0.25) is 0 Å². The molecular weight excluding hydrogens is 383 g/mol. The molecule has 4 rings (SSSR count). The van der Waals surface area contributed by atoms with Gasteiger partial charge in [0.15, 0.2) is 17.6 Å². The van der Waals surface area contributed by atoms with E-state index in [0.29, 0.717) is 42.4 Å². The molecule has 1 N–H and O–H groups in total. The lowest BCUT2D eigenvalue weighted by Crippen LogP contribution is -2.34. The van der Waals surface area contributed by atoms with Gasteiger partial charge in [0.25, 0.3) is 0 Å². The first-order valence-corrected chi connectivity index (χ1v) is 10.1. The topological polar surface area (TPSA) is 47.9 Å². The number of benzene rings is 3. The second kappa shape index (κ2) is 8.86. The Labute approximate surface area is 175 Å². The van der Waals surface area contributed by atoms with Crippen LogP contribution in [-0.2, 0) is 16.8 Å². The molecule has 0 aliphatic carbocycles. The minimum absolute atomic E-state index is 0.208. The Kier molecular flexibility index (Phi) is 6.02. The highest BCUT2D eigenvalue weighted by Gasteiger charge is 2.34. The van der Waals surface area contributed by atoms with Crippen LogP contribution >= 0.6 is 0 Å². The van der Waals surface area contributed by atoms with E-state index < -0.39 is 5.60 Å². The van der Waals surface area contributed by atoms with Gasteiger partial charge in [0, 0.05) is 13.0 Å². The fourth-order valence-corrected chi connectivity index (χ4v) is 3.73. The fourth-order valence-electron chi connectivity index (χ4n) is 3.73. The van der Waals surface area contributed by atoms with Crippen LogP contribution in [0.25, 0.3) is 0 Å². The third kappa shape index (κ3) is 4.32. The van der Waals surface area contributed by atoms with Crippen molar-refractivity contribution in [2.75, 3.05) is 19.8 Å². The molecule has 0 fully saturated rings. The molecule has 1 heterocycles. The average molecular weight is 408 g/mol. The normalized spacial score (nSPS) is 17.4. The molecule has 0 radical (unpaired) electrons. The number of hydrogen-bond acceptors (Lipinski definition) is 4. The number of hydrogen-bond donors (Lipinski definition) is 1. The van der Waals surface area contributed by atoms with E-state index in [2.05, 4.69) is 0 Å². The van der Waals surface area contributed by atoms with Crippen molar-refractivity contribution in [3.05, 3.63) is 95.3 Å². The van der Waals surface area contributed by atoms with Gasteiger partial charge in [-0.1, -0.05) is 48.5 Å². The van der Waals surface area contributed by atoms with Gasteiger partial charge in [0.1, 0.15) is 18.0 Å². The average Bonchev–Trinajstić information content (AvgIpc) is 2.77. The largest absolute Gasteiger partial charge is 0.486 e. The number of ether oxygens (including phenoxy) is 3. The molecule has 0 saturated carbocycles. The molecule has 1 aliphatic rings. The summed E-state index contributed by atoms with van der Waals surface area (Å²) in [4.78, 5) is 0. The molecule has 4 nitrogen and oxygen atoms in total. The van der Waals surface area contributed by atoms with Crippen molar-refractivity contribution in [2.24, 2.45) is 0 Å². The quantitative estimate of drug-likeness (QED) is 0.626. The lowest BCUT2D eigenvalue weighted by molar-refractivity contribution is 0.0121. The van der Waals surface area contributed by atoms with E-state index in [9.17, 15) is 9.50 Å². The van der Waals surface area contributed by atoms with Crippen molar-refractivity contribution in [3.63, 3.8) is 0 Å². The van der Waals surface area contributed by atoms with Gasteiger partial charge in [-0.15, -0.1) is 0 Å². The predicted molar refractivity (Wildman–Crippen MR) is 112 cm³/mol. The Morgan fingerprint density at radius 1 is 1.00 bits per heavy atom. The molecule has 0 aromatic heterocycles. The SMILES string of the molecule is CCOCC1COc2ccc(C(O)(Cc3cccc(F)c3)c3ccccc3)cc2O1. The second-order valence-electron chi connectivity index (χ2n) is 7.40. The van der Waals surface area contributed by atoms with Crippen molar-refractivity contribution in [1.29, 1.82) is 0 Å². The zero-order chi connectivity index (χ0) is 21.0. The molecule has 5 heteroatoms. The Bertz CT molecular complexity index is 991. The highest BCUT2D eigenvalue weighted by atomic mass is 19.1. The van der Waals surface area contributed by atoms with Crippen LogP contribution in [0.3, 0.4) is 0 Å². The predicted octanol–water partition coefficient (Wildman–Crippen LogP) is 4.48. The monoisotopic (exact) mass is 408 g/mol. The zero-order valence-corrected chi connectivity index (χ0v) is 16.9. The van der Waals surface area contributed by atoms with E-state index in [4.69, 9.17) is 14.2 Å². The van der Waals surface area contributed by atoms with Crippen LogP contribution in [0.15, 0.2) is 72.8 Å². The molecule has 3 aromatic carbocycles. The van der Waals surface area contributed by atoms with E-state index >= 15 is 0 Å². The van der Waals surface area contributed by atoms with Crippen molar-refractivity contribution in [1.82, 2.24) is 0 Å². The molecule has 0 saturated heterocycles. The number of fused-ring (bicyclic) bond motifs is 1. The van der Waals surface area contributed by atoms with Crippen molar-refractivity contribution in [2.45, 2.75) is 25.0 Å². The van der Waals surface area contributed by atoms with Gasteiger partial charge >= 0.3 is 0 Å². The van der Waals surface area contributed by atoms with Crippen LogP contribution in [0, 0.1) is 5.82 Å². The summed E-state index contributed by atoms with van der Waals surface area (Å²) in [5, 5.41) is 11.9. The number of aliphatic hydroxyl groups is 1. The van der Waals surface area contributed by atoms with Crippen LogP contribution in [0.4, 0.5) is 4.39 Å². The van der Waals surface area contributed by atoms with Crippen LogP contribution < -0.4 is 9.47 Å². The summed E-state index contributed by atoms with van der Waals surface area (Å²) in [6, 6.07) is 21.1. The van der Waals surface area contributed by atoms with Crippen molar-refractivity contribution in [3.8, 4) is 11.5 Å². The van der Waals surface area contributed by atoms with Crippen LogP contribution in [0.1, 0.15) is 23.6 Å². The summed E-state index contributed by atoms with van der Waals surface area (Å²) < 4.78 is 31.1. The van der Waals surface area contributed by atoms with E-state index in [0.717, 1.165) is 5.56 Å².